The maximum absolute atomic E-state index is 7.20. The van der Waals surface area contributed by atoms with Gasteiger partial charge in [-0.25, -0.2) is 0 Å². The number of rotatable bonds is 16. The van der Waals surface area contributed by atoms with Gasteiger partial charge in [0.05, 0.1) is 33.0 Å². The van der Waals surface area contributed by atoms with Gasteiger partial charge in [0.2, 0.25) is 0 Å². The minimum atomic E-state index is -0.493. The van der Waals surface area contributed by atoms with E-state index in [1.807, 2.05) is 72.8 Å². The van der Waals surface area contributed by atoms with Crippen LogP contribution in [0.4, 0.5) is 0 Å². The molecule has 0 spiro atoms. The molecule has 6 aromatic carbocycles. The van der Waals surface area contributed by atoms with Gasteiger partial charge in [0.25, 0.3) is 0 Å². The second kappa shape index (κ2) is 18.6. The number of hydrogen-bond donors (Lipinski definition) is 0. The van der Waals surface area contributed by atoms with E-state index in [4.69, 9.17) is 23.7 Å². The van der Waals surface area contributed by atoms with E-state index in [0.717, 1.165) is 34.2 Å². The van der Waals surface area contributed by atoms with E-state index in [2.05, 4.69) is 102 Å². The Morgan fingerprint density at radius 2 is 0.982 bits per heavy atom. The monoisotopic (exact) mass is 746 g/mol. The summed E-state index contributed by atoms with van der Waals surface area (Å²) in [6.07, 6.45) is -1.55. The van der Waals surface area contributed by atoms with Crippen LogP contribution < -0.4 is 0 Å². The van der Waals surface area contributed by atoms with Crippen molar-refractivity contribution in [1.82, 2.24) is 0 Å². The highest BCUT2D eigenvalue weighted by atomic mass is 32.1. The average Bonchev–Trinajstić information content (AvgIpc) is 3.65. The quantitative estimate of drug-likeness (QED) is 0.0985. The molecule has 5 atom stereocenters. The second-order valence-corrected chi connectivity index (χ2v) is 15.0. The van der Waals surface area contributed by atoms with E-state index in [9.17, 15) is 0 Å². The zero-order valence-corrected chi connectivity index (χ0v) is 31.6. The molecule has 0 radical (unpaired) electrons. The third-order valence-corrected chi connectivity index (χ3v) is 11.1. The zero-order chi connectivity index (χ0) is 37.1. The fraction of sp³-hybridized carbons (Fsp3) is 0.224. The molecule has 0 unspecified atom stereocenters. The lowest BCUT2D eigenvalue weighted by atomic mass is 9.89. The molecule has 6 heteroatoms. The predicted molar refractivity (Wildman–Crippen MR) is 220 cm³/mol. The molecule has 0 saturated carbocycles. The van der Waals surface area contributed by atoms with Crippen molar-refractivity contribution < 1.29 is 23.7 Å². The second-order valence-electron chi connectivity index (χ2n) is 14.1. The maximum Gasteiger partial charge on any atom is 0.117 e. The van der Waals surface area contributed by atoms with E-state index in [1.54, 1.807) is 11.3 Å². The highest BCUT2D eigenvalue weighted by Crippen LogP contribution is 2.39. The Hall–Kier alpha value is -4.92. The van der Waals surface area contributed by atoms with Crippen LogP contribution in [0.15, 0.2) is 175 Å². The molecule has 8 rings (SSSR count). The molecule has 278 valence electrons. The van der Waals surface area contributed by atoms with Crippen molar-refractivity contribution >= 4 is 21.4 Å². The molecule has 1 aliphatic rings. The minimum Gasteiger partial charge on any atom is -0.374 e. The third-order valence-electron chi connectivity index (χ3n) is 10.1. The molecular formula is C49H46O5S. The van der Waals surface area contributed by atoms with Gasteiger partial charge in [0.15, 0.2) is 0 Å². The number of hydrogen-bond acceptors (Lipinski definition) is 6. The summed E-state index contributed by atoms with van der Waals surface area (Å²) in [7, 11) is 0. The van der Waals surface area contributed by atoms with Crippen molar-refractivity contribution in [3.05, 3.63) is 214 Å². The highest BCUT2D eigenvalue weighted by molar-refractivity contribution is 7.17. The van der Waals surface area contributed by atoms with Crippen molar-refractivity contribution in [1.29, 1.82) is 0 Å². The average molecular weight is 747 g/mol. The van der Waals surface area contributed by atoms with Gasteiger partial charge in [-0.1, -0.05) is 164 Å². The molecule has 1 fully saturated rings. The first-order valence-electron chi connectivity index (χ1n) is 19.0. The molecule has 0 amide bonds. The maximum atomic E-state index is 7.20. The van der Waals surface area contributed by atoms with Crippen LogP contribution in [0, 0.1) is 0 Å². The normalized spacial score (nSPS) is 19.7. The Morgan fingerprint density at radius 3 is 1.60 bits per heavy atom. The van der Waals surface area contributed by atoms with Crippen molar-refractivity contribution in [3.63, 3.8) is 0 Å². The predicted octanol–water partition coefficient (Wildman–Crippen LogP) is 10.9. The highest BCUT2D eigenvalue weighted by Gasteiger charge is 2.49. The smallest absolute Gasteiger partial charge is 0.117 e. The SMILES string of the molecule is c1ccc(COC[C@H]2O[C@@H](c3cccc(Cc4csc5ccccc45)c3)[C@H](OCc3ccccc3)[C@@H](OCc3ccccc3)[C@@H]2OCc2ccccc2)cc1. The van der Waals surface area contributed by atoms with Gasteiger partial charge in [-0.15, -0.1) is 11.3 Å². The molecule has 55 heavy (non-hydrogen) atoms. The van der Waals surface area contributed by atoms with Gasteiger partial charge in [-0.2, -0.15) is 0 Å². The van der Waals surface area contributed by atoms with E-state index in [1.165, 1.54) is 21.2 Å². The van der Waals surface area contributed by atoms with Gasteiger partial charge in [0.1, 0.15) is 30.5 Å². The Labute approximate surface area is 328 Å². The summed E-state index contributed by atoms with van der Waals surface area (Å²) in [4.78, 5) is 0. The molecule has 1 saturated heterocycles. The fourth-order valence-electron chi connectivity index (χ4n) is 7.33. The molecule has 1 aromatic heterocycles. The summed E-state index contributed by atoms with van der Waals surface area (Å²) in [6.45, 7) is 1.98. The summed E-state index contributed by atoms with van der Waals surface area (Å²) >= 11 is 1.79. The Bertz CT molecular complexity index is 2190. The summed E-state index contributed by atoms with van der Waals surface area (Å²) in [5.41, 5.74) is 7.92. The lowest BCUT2D eigenvalue weighted by Crippen LogP contribution is -2.58. The molecular weight excluding hydrogens is 701 g/mol. The first kappa shape index (κ1) is 37.0. The number of benzene rings is 6. The van der Waals surface area contributed by atoms with Crippen LogP contribution in [-0.2, 0) is 56.5 Å². The van der Waals surface area contributed by atoms with Crippen molar-refractivity contribution in [2.45, 2.75) is 63.4 Å². The van der Waals surface area contributed by atoms with Crippen LogP contribution in [0.3, 0.4) is 0 Å². The lowest BCUT2D eigenvalue weighted by Gasteiger charge is -2.46. The zero-order valence-electron chi connectivity index (χ0n) is 30.8. The number of ether oxygens (including phenoxy) is 5. The Morgan fingerprint density at radius 1 is 0.473 bits per heavy atom. The first-order valence-corrected chi connectivity index (χ1v) is 19.9. The van der Waals surface area contributed by atoms with Gasteiger partial charge in [-0.3, -0.25) is 0 Å². The fourth-order valence-corrected chi connectivity index (χ4v) is 8.29. The van der Waals surface area contributed by atoms with Crippen LogP contribution in [-0.4, -0.2) is 31.0 Å². The molecule has 0 N–H and O–H groups in total. The summed E-state index contributed by atoms with van der Waals surface area (Å²) in [5.74, 6) is 0. The largest absolute Gasteiger partial charge is 0.374 e. The Kier molecular flexibility index (Phi) is 12.5. The lowest BCUT2D eigenvalue weighted by molar-refractivity contribution is -0.275. The van der Waals surface area contributed by atoms with Crippen molar-refractivity contribution in [3.8, 4) is 0 Å². The number of fused-ring (bicyclic) bond motifs is 1. The van der Waals surface area contributed by atoms with Crippen LogP contribution in [0.2, 0.25) is 0 Å². The van der Waals surface area contributed by atoms with E-state index in [-0.39, 0.29) is 0 Å². The summed E-state index contributed by atoms with van der Waals surface area (Å²) < 4.78 is 35.8. The summed E-state index contributed by atoms with van der Waals surface area (Å²) in [6, 6.07) is 58.5. The molecule has 7 aromatic rings. The van der Waals surface area contributed by atoms with Gasteiger partial charge >= 0.3 is 0 Å². The van der Waals surface area contributed by atoms with E-state index in [0.29, 0.717) is 33.0 Å². The van der Waals surface area contributed by atoms with Gasteiger partial charge < -0.3 is 23.7 Å². The summed E-state index contributed by atoms with van der Waals surface area (Å²) in [5, 5.41) is 3.59. The van der Waals surface area contributed by atoms with Crippen LogP contribution in [0.1, 0.15) is 45.0 Å². The standard InChI is InChI=1S/C49H46O5S/c1-5-16-36(17-6-1)30-50-34-44-47(51-31-37-18-7-2-8-19-37)49(53-33-39-22-11-4-12-23-39)48(52-32-38-20-9-3-10-21-38)46(54-44)41-25-15-24-40(28-41)29-42-35-55-45-27-14-13-26-43(42)45/h1-28,35,44,46-49H,29-34H2/t44-,46+,47-,48+,49+/m1/s1. The topological polar surface area (TPSA) is 46.2 Å². The minimum absolute atomic E-state index is 0.321. The van der Waals surface area contributed by atoms with Gasteiger partial charge in [-0.05, 0) is 62.2 Å². The van der Waals surface area contributed by atoms with Crippen LogP contribution >= 0.6 is 11.3 Å². The molecule has 5 nitrogen and oxygen atoms in total. The number of thiophene rings is 1. The van der Waals surface area contributed by atoms with Crippen LogP contribution in [0.5, 0.6) is 0 Å². The molecule has 1 aliphatic heterocycles. The Balaban J connectivity index is 1.15. The van der Waals surface area contributed by atoms with E-state index < -0.39 is 30.5 Å². The van der Waals surface area contributed by atoms with E-state index >= 15 is 0 Å². The van der Waals surface area contributed by atoms with Gasteiger partial charge in [0, 0.05) is 4.70 Å². The van der Waals surface area contributed by atoms with Crippen LogP contribution in [0.25, 0.3) is 10.1 Å². The third kappa shape index (κ3) is 9.67. The molecule has 0 bridgehead atoms. The van der Waals surface area contributed by atoms with Crippen molar-refractivity contribution in [2.75, 3.05) is 6.61 Å². The van der Waals surface area contributed by atoms with Crippen molar-refractivity contribution in [2.24, 2.45) is 0 Å². The molecule has 0 aliphatic carbocycles. The molecule has 2 heterocycles. The first-order chi connectivity index (χ1) is 27.3.